The predicted molar refractivity (Wildman–Crippen MR) is 124 cm³/mol. The fourth-order valence-corrected chi connectivity index (χ4v) is 2.99. The van der Waals surface area contributed by atoms with Crippen LogP contribution in [0.3, 0.4) is 0 Å². The third-order valence-electron chi connectivity index (χ3n) is 4.89. The molecule has 0 aliphatic rings. The van der Waals surface area contributed by atoms with Gasteiger partial charge >= 0.3 is 0 Å². The van der Waals surface area contributed by atoms with Crippen molar-refractivity contribution in [1.29, 1.82) is 0 Å². The summed E-state index contributed by atoms with van der Waals surface area (Å²) in [6, 6.07) is 16.1. The molecule has 0 spiro atoms. The maximum absolute atomic E-state index is 15.1. The van der Waals surface area contributed by atoms with Gasteiger partial charge in [-0.1, -0.05) is 44.7 Å². The van der Waals surface area contributed by atoms with Gasteiger partial charge in [-0.25, -0.2) is 13.8 Å². The first kappa shape index (κ1) is 22.9. The number of halogens is 2. The second kappa shape index (κ2) is 9.55. The van der Waals surface area contributed by atoms with Gasteiger partial charge in [0.25, 0.3) is 5.92 Å². The standard InChI is InChI=1S/C24H25F2N5O/c1-5-21(32)28-18-12-9-13-19(14-18)31(4)22-20(24(25,26)16(2)3)15-27-23(30-22)29-17-10-7-6-8-11-17/h5-16H,1H2,2-4H3,(H,28,32)(H,27,29,30). The Hall–Kier alpha value is -3.81. The molecule has 3 rings (SSSR count). The highest BCUT2D eigenvalue weighted by Gasteiger charge is 2.40. The van der Waals surface area contributed by atoms with Gasteiger partial charge in [0.1, 0.15) is 5.82 Å². The van der Waals surface area contributed by atoms with Crippen LogP contribution >= 0.6 is 0 Å². The predicted octanol–water partition coefficient (Wildman–Crippen LogP) is 5.86. The minimum absolute atomic E-state index is 0.0596. The number of alkyl halides is 2. The highest BCUT2D eigenvalue weighted by molar-refractivity contribution is 5.99. The summed E-state index contributed by atoms with van der Waals surface area (Å²) in [6.45, 7) is 6.33. The van der Waals surface area contributed by atoms with Crippen molar-refractivity contribution in [3.8, 4) is 0 Å². The Labute approximate surface area is 186 Å². The average molecular weight is 437 g/mol. The molecule has 0 unspecified atom stereocenters. The first-order valence-corrected chi connectivity index (χ1v) is 10.1. The van der Waals surface area contributed by atoms with Crippen LogP contribution in [0, 0.1) is 5.92 Å². The summed E-state index contributed by atoms with van der Waals surface area (Å²) in [7, 11) is 1.64. The highest BCUT2D eigenvalue weighted by atomic mass is 19.3. The van der Waals surface area contributed by atoms with Crippen molar-refractivity contribution in [2.45, 2.75) is 19.8 Å². The highest BCUT2D eigenvalue weighted by Crippen LogP contribution is 2.41. The van der Waals surface area contributed by atoms with E-state index < -0.39 is 11.8 Å². The number of aromatic nitrogens is 2. The minimum atomic E-state index is -3.15. The number of amides is 1. The van der Waals surface area contributed by atoms with Gasteiger partial charge in [-0.3, -0.25) is 4.79 Å². The van der Waals surface area contributed by atoms with Gasteiger partial charge in [0, 0.05) is 36.2 Å². The van der Waals surface area contributed by atoms with E-state index in [1.54, 1.807) is 36.2 Å². The number of carbonyl (C=O) groups excluding carboxylic acids is 1. The number of carbonyl (C=O) groups is 1. The summed E-state index contributed by atoms with van der Waals surface area (Å²) < 4.78 is 30.2. The lowest BCUT2D eigenvalue weighted by Gasteiger charge is -2.27. The molecule has 2 aromatic carbocycles. The molecule has 0 radical (unpaired) electrons. The Balaban J connectivity index is 2.05. The van der Waals surface area contributed by atoms with Crippen molar-refractivity contribution in [3.05, 3.63) is 79.0 Å². The molecule has 0 aliphatic carbocycles. The molecule has 1 heterocycles. The van der Waals surface area contributed by atoms with Gasteiger partial charge < -0.3 is 15.5 Å². The number of para-hydroxylation sites is 1. The molecule has 3 aromatic rings. The molecule has 0 fully saturated rings. The van der Waals surface area contributed by atoms with Gasteiger partial charge in [0.05, 0.1) is 5.56 Å². The monoisotopic (exact) mass is 437 g/mol. The van der Waals surface area contributed by atoms with Crippen molar-refractivity contribution in [3.63, 3.8) is 0 Å². The first-order chi connectivity index (χ1) is 15.2. The van der Waals surface area contributed by atoms with Crippen LogP contribution in [-0.2, 0) is 10.7 Å². The normalized spacial score (nSPS) is 11.2. The Morgan fingerprint density at radius 1 is 1.12 bits per heavy atom. The third kappa shape index (κ3) is 5.08. The topological polar surface area (TPSA) is 70.2 Å². The van der Waals surface area contributed by atoms with E-state index in [9.17, 15) is 4.79 Å². The quantitative estimate of drug-likeness (QED) is 0.432. The molecule has 1 aromatic heterocycles. The number of nitrogens with one attached hydrogen (secondary N) is 2. The van der Waals surface area contributed by atoms with E-state index in [0.29, 0.717) is 11.4 Å². The van der Waals surface area contributed by atoms with Crippen molar-refractivity contribution < 1.29 is 13.6 Å². The molecule has 0 saturated carbocycles. The van der Waals surface area contributed by atoms with Crippen LogP contribution < -0.4 is 15.5 Å². The molecule has 2 N–H and O–H groups in total. The first-order valence-electron chi connectivity index (χ1n) is 10.1. The largest absolute Gasteiger partial charge is 0.329 e. The van der Waals surface area contributed by atoms with E-state index in [1.165, 1.54) is 13.8 Å². The molecule has 6 nitrogen and oxygen atoms in total. The molecule has 0 saturated heterocycles. The fraction of sp³-hybridized carbons (Fsp3) is 0.208. The fourth-order valence-electron chi connectivity index (χ4n) is 2.99. The molecular formula is C24H25F2N5O. The van der Waals surface area contributed by atoms with E-state index in [0.717, 1.165) is 18.0 Å². The van der Waals surface area contributed by atoms with Crippen LogP contribution in [0.4, 0.5) is 37.6 Å². The smallest absolute Gasteiger partial charge is 0.280 e. The van der Waals surface area contributed by atoms with Crippen LogP contribution in [0.25, 0.3) is 0 Å². The van der Waals surface area contributed by atoms with Crippen LogP contribution in [-0.4, -0.2) is 22.9 Å². The summed E-state index contributed by atoms with van der Waals surface area (Å²) in [5, 5.41) is 5.71. The van der Waals surface area contributed by atoms with Gasteiger partial charge in [0.15, 0.2) is 0 Å². The number of rotatable bonds is 8. The summed E-state index contributed by atoms with van der Waals surface area (Å²) in [4.78, 5) is 21.7. The molecular weight excluding hydrogens is 412 g/mol. The summed E-state index contributed by atoms with van der Waals surface area (Å²) >= 11 is 0. The average Bonchev–Trinajstić information content (AvgIpc) is 2.79. The summed E-state index contributed by atoms with van der Waals surface area (Å²) in [5.74, 6) is -4.22. The zero-order valence-corrected chi connectivity index (χ0v) is 18.1. The molecule has 0 atom stereocenters. The van der Waals surface area contributed by atoms with E-state index in [2.05, 4.69) is 27.2 Å². The van der Waals surface area contributed by atoms with Crippen molar-refractivity contribution in [2.75, 3.05) is 22.6 Å². The maximum atomic E-state index is 15.1. The molecule has 166 valence electrons. The summed E-state index contributed by atoms with van der Waals surface area (Å²) in [6.07, 6.45) is 2.32. The number of hydrogen-bond acceptors (Lipinski definition) is 5. The lowest BCUT2D eigenvalue weighted by Crippen LogP contribution is -2.26. The lowest BCUT2D eigenvalue weighted by molar-refractivity contribution is -0.111. The van der Waals surface area contributed by atoms with Crippen molar-refractivity contribution in [1.82, 2.24) is 9.97 Å². The van der Waals surface area contributed by atoms with Crippen LogP contribution in [0.1, 0.15) is 19.4 Å². The van der Waals surface area contributed by atoms with Gasteiger partial charge in [-0.2, -0.15) is 4.98 Å². The molecule has 8 heteroatoms. The van der Waals surface area contributed by atoms with Crippen LogP contribution in [0.15, 0.2) is 73.4 Å². The molecule has 32 heavy (non-hydrogen) atoms. The maximum Gasteiger partial charge on any atom is 0.280 e. The second-order valence-corrected chi connectivity index (χ2v) is 7.50. The minimum Gasteiger partial charge on any atom is -0.329 e. The Morgan fingerprint density at radius 2 is 1.81 bits per heavy atom. The number of benzene rings is 2. The molecule has 0 bridgehead atoms. The summed E-state index contributed by atoms with van der Waals surface area (Å²) in [5.41, 5.74) is 1.53. The number of anilines is 5. The van der Waals surface area contributed by atoms with E-state index in [4.69, 9.17) is 0 Å². The van der Waals surface area contributed by atoms with Crippen LogP contribution in [0.2, 0.25) is 0 Å². The van der Waals surface area contributed by atoms with E-state index in [1.807, 2.05) is 30.3 Å². The molecule has 0 aliphatic heterocycles. The van der Waals surface area contributed by atoms with Crippen molar-refractivity contribution >= 4 is 34.7 Å². The molecule has 1 amide bonds. The zero-order valence-electron chi connectivity index (χ0n) is 18.1. The van der Waals surface area contributed by atoms with Crippen molar-refractivity contribution in [2.24, 2.45) is 5.92 Å². The Morgan fingerprint density at radius 3 is 2.47 bits per heavy atom. The van der Waals surface area contributed by atoms with Gasteiger partial charge in [0.2, 0.25) is 11.9 Å². The number of hydrogen-bond donors (Lipinski definition) is 2. The van der Waals surface area contributed by atoms with Crippen LogP contribution in [0.5, 0.6) is 0 Å². The Kier molecular flexibility index (Phi) is 6.82. The van der Waals surface area contributed by atoms with E-state index in [-0.39, 0.29) is 23.2 Å². The number of nitrogens with zero attached hydrogens (tertiary/aromatic N) is 3. The Bertz CT molecular complexity index is 1100. The van der Waals surface area contributed by atoms with E-state index >= 15 is 8.78 Å². The van der Waals surface area contributed by atoms with Gasteiger partial charge in [-0.05, 0) is 36.4 Å². The third-order valence-corrected chi connectivity index (χ3v) is 4.89. The van der Waals surface area contributed by atoms with Gasteiger partial charge in [-0.15, -0.1) is 0 Å². The zero-order chi connectivity index (χ0) is 23.3. The second-order valence-electron chi connectivity index (χ2n) is 7.50. The SMILES string of the molecule is C=CC(=O)Nc1cccc(N(C)c2nc(Nc3ccccc3)ncc2C(F)(F)C(C)C)c1. The lowest BCUT2D eigenvalue weighted by atomic mass is 9.99.